The third-order valence-electron chi connectivity index (χ3n) is 5.03. The van der Waals surface area contributed by atoms with Gasteiger partial charge in [-0.2, -0.15) is 13.2 Å². The number of hydrogen-bond donors (Lipinski definition) is 5. The number of halogens is 3. The number of piperazine rings is 1. The van der Waals surface area contributed by atoms with Gasteiger partial charge in [0.05, 0.1) is 6.54 Å². The van der Waals surface area contributed by atoms with E-state index in [4.69, 9.17) is 11.1 Å². The number of carbonyl (C=O) groups excluding carboxylic acids is 3. The lowest BCUT2D eigenvalue weighted by Crippen LogP contribution is -2.59. The molecule has 3 rings (SSSR count). The van der Waals surface area contributed by atoms with Crippen LogP contribution in [0.4, 0.5) is 24.7 Å². The predicted octanol–water partition coefficient (Wildman–Crippen LogP) is 0.805. The summed E-state index contributed by atoms with van der Waals surface area (Å²) >= 11 is 0. The van der Waals surface area contributed by atoms with Crippen molar-refractivity contribution >= 4 is 34.9 Å². The predicted molar refractivity (Wildman–Crippen MR) is 117 cm³/mol. The smallest absolute Gasteiger partial charge is 0.376 e. The summed E-state index contributed by atoms with van der Waals surface area (Å²) in [5.41, 5.74) is 4.15. The summed E-state index contributed by atoms with van der Waals surface area (Å²) in [5.74, 6) is -2.36. The zero-order chi connectivity index (χ0) is 24.9. The third-order valence-corrected chi connectivity index (χ3v) is 5.03. The van der Waals surface area contributed by atoms with E-state index in [-0.39, 0.29) is 31.0 Å². The Morgan fingerprint density at radius 2 is 1.91 bits per heavy atom. The van der Waals surface area contributed by atoms with Gasteiger partial charge >= 0.3 is 6.18 Å². The van der Waals surface area contributed by atoms with Gasteiger partial charge in [0.1, 0.15) is 23.3 Å². The van der Waals surface area contributed by atoms with Crippen LogP contribution < -0.4 is 21.7 Å². The number of nitrogens with zero attached hydrogens (tertiary/aromatic N) is 2. The number of primary amides is 1. The Balaban J connectivity index is 1.69. The lowest BCUT2D eigenvalue weighted by atomic mass is 10.1. The molecular formula is C21H22F3N7O3. The van der Waals surface area contributed by atoms with E-state index < -0.39 is 41.3 Å². The maximum absolute atomic E-state index is 12.9. The molecule has 6 N–H and O–H groups in total. The molecule has 0 aliphatic carbocycles. The minimum atomic E-state index is -4.66. The molecule has 1 aromatic carbocycles. The van der Waals surface area contributed by atoms with Crippen LogP contribution in [0.25, 0.3) is 0 Å². The molecule has 1 aliphatic rings. The van der Waals surface area contributed by atoms with Gasteiger partial charge in [-0.15, -0.1) is 0 Å². The van der Waals surface area contributed by atoms with Crippen molar-refractivity contribution in [3.63, 3.8) is 0 Å². The molecule has 1 fully saturated rings. The van der Waals surface area contributed by atoms with Gasteiger partial charge in [0.25, 0.3) is 5.91 Å². The summed E-state index contributed by atoms with van der Waals surface area (Å²) in [7, 11) is 0. The van der Waals surface area contributed by atoms with Crippen molar-refractivity contribution in [2.45, 2.75) is 12.2 Å². The Morgan fingerprint density at radius 3 is 2.62 bits per heavy atom. The summed E-state index contributed by atoms with van der Waals surface area (Å²) in [6.07, 6.45) is -4.66. The molecule has 10 nitrogen and oxygen atoms in total. The second kappa shape index (κ2) is 10.3. The Hall–Kier alpha value is -4.00. The van der Waals surface area contributed by atoms with Crippen LogP contribution in [-0.4, -0.2) is 65.5 Å². The van der Waals surface area contributed by atoms with Crippen LogP contribution in [0, 0.1) is 5.41 Å². The summed E-state index contributed by atoms with van der Waals surface area (Å²) in [6.45, 7) is 0.446. The fourth-order valence-electron chi connectivity index (χ4n) is 3.37. The van der Waals surface area contributed by atoms with Crippen LogP contribution in [0.5, 0.6) is 0 Å². The van der Waals surface area contributed by atoms with Crippen LogP contribution in [-0.2, 0) is 20.6 Å². The number of carbonyl (C=O) groups is 3. The highest BCUT2D eigenvalue weighted by molar-refractivity contribution is 6.44. The average Bonchev–Trinajstić information content (AvgIpc) is 2.81. The number of hydrogen-bond acceptors (Lipinski definition) is 7. The van der Waals surface area contributed by atoms with Crippen molar-refractivity contribution in [2.24, 2.45) is 5.73 Å². The van der Waals surface area contributed by atoms with Crippen molar-refractivity contribution in [2.75, 3.05) is 36.8 Å². The molecule has 0 spiro atoms. The maximum atomic E-state index is 12.9. The minimum Gasteiger partial charge on any atom is -0.376 e. The second-order valence-corrected chi connectivity index (χ2v) is 7.34. The third kappa shape index (κ3) is 5.86. The Morgan fingerprint density at radius 1 is 1.18 bits per heavy atom. The summed E-state index contributed by atoms with van der Waals surface area (Å²) < 4.78 is 38.7. The Kier molecular flexibility index (Phi) is 7.46. The van der Waals surface area contributed by atoms with Crippen molar-refractivity contribution in [1.82, 2.24) is 15.2 Å². The summed E-state index contributed by atoms with van der Waals surface area (Å²) in [4.78, 5) is 41.7. The SMILES string of the molecule is N=C(C(N)=O)c1ccccc1NCC(=O)N1CCNC[C@H]1C(=O)Nc1cccc(C(F)(F)F)n1. The number of para-hydroxylation sites is 1. The Bertz CT molecular complexity index is 1110. The molecule has 2 aromatic rings. The molecule has 1 aromatic heterocycles. The molecule has 3 amide bonds. The first kappa shape index (κ1) is 24.6. The number of anilines is 2. The number of aromatic nitrogens is 1. The van der Waals surface area contributed by atoms with Crippen LogP contribution in [0.1, 0.15) is 11.3 Å². The lowest BCUT2D eigenvalue weighted by molar-refractivity contribution is -0.141. The number of nitrogens with one attached hydrogen (secondary N) is 4. The first-order chi connectivity index (χ1) is 16.1. The molecule has 34 heavy (non-hydrogen) atoms. The van der Waals surface area contributed by atoms with E-state index in [1.807, 2.05) is 0 Å². The average molecular weight is 477 g/mol. The number of alkyl halides is 3. The summed E-state index contributed by atoms with van der Waals surface area (Å²) in [6, 6.07) is 8.48. The standard InChI is InChI=1S/C21H22F3N7O3/c22-21(23,24)15-6-3-7-16(29-15)30-20(34)14-10-27-8-9-31(14)17(32)11-28-13-5-2-1-4-12(13)18(25)19(26)33/h1-7,14,25,27-28H,8-11H2,(H2,26,33)(H,29,30,34)/t14-/m0/s1. The maximum Gasteiger partial charge on any atom is 0.433 e. The van der Waals surface area contributed by atoms with Gasteiger partial charge in [0.2, 0.25) is 11.8 Å². The van der Waals surface area contributed by atoms with Gasteiger partial charge in [-0.05, 0) is 18.2 Å². The number of amides is 3. The molecule has 13 heteroatoms. The van der Waals surface area contributed by atoms with Crippen molar-refractivity contribution < 1.29 is 27.6 Å². The van der Waals surface area contributed by atoms with Gasteiger partial charge in [-0.25, -0.2) is 4.98 Å². The monoisotopic (exact) mass is 477 g/mol. The first-order valence-electron chi connectivity index (χ1n) is 10.1. The van der Waals surface area contributed by atoms with E-state index in [2.05, 4.69) is 20.9 Å². The van der Waals surface area contributed by atoms with Crippen LogP contribution in [0.2, 0.25) is 0 Å². The van der Waals surface area contributed by atoms with Crippen molar-refractivity contribution in [3.8, 4) is 0 Å². The van der Waals surface area contributed by atoms with E-state index in [1.54, 1.807) is 18.2 Å². The van der Waals surface area contributed by atoms with Gasteiger partial charge in [-0.3, -0.25) is 19.8 Å². The molecule has 0 radical (unpaired) electrons. The lowest BCUT2D eigenvalue weighted by Gasteiger charge is -2.35. The number of pyridine rings is 1. The largest absolute Gasteiger partial charge is 0.433 e. The number of rotatable bonds is 7. The Labute approximate surface area is 192 Å². The van der Waals surface area contributed by atoms with E-state index in [9.17, 15) is 27.6 Å². The van der Waals surface area contributed by atoms with E-state index >= 15 is 0 Å². The molecule has 1 saturated heterocycles. The van der Waals surface area contributed by atoms with E-state index in [1.165, 1.54) is 17.0 Å². The highest BCUT2D eigenvalue weighted by Crippen LogP contribution is 2.28. The quantitative estimate of drug-likeness (QED) is 0.372. The molecule has 0 bridgehead atoms. The normalized spacial score (nSPS) is 16.0. The molecule has 2 heterocycles. The van der Waals surface area contributed by atoms with Crippen LogP contribution in [0.3, 0.4) is 0 Å². The van der Waals surface area contributed by atoms with Gasteiger partial charge in [0, 0.05) is 30.9 Å². The number of benzene rings is 1. The summed E-state index contributed by atoms with van der Waals surface area (Å²) in [5, 5.41) is 16.0. The molecular weight excluding hydrogens is 455 g/mol. The molecule has 1 atom stereocenters. The van der Waals surface area contributed by atoms with Gasteiger partial charge < -0.3 is 26.6 Å². The van der Waals surface area contributed by atoms with Gasteiger partial charge in [0.15, 0.2) is 0 Å². The van der Waals surface area contributed by atoms with Crippen molar-refractivity contribution in [3.05, 3.63) is 53.7 Å². The fraction of sp³-hybridized carbons (Fsp3) is 0.286. The minimum absolute atomic E-state index is 0.0967. The highest BCUT2D eigenvalue weighted by atomic mass is 19.4. The molecule has 0 unspecified atom stereocenters. The zero-order valence-corrected chi connectivity index (χ0v) is 17.8. The van der Waals surface area contributed by atoms with Crippen LogP contribution in [0.15, 0.2) is 42.5 Å². The second-order valence-electron chi connectivity index (χ2n) is 7.34. The number of nitrogens with two attached hydrogens (primary N) is 1. The molecule has 1 aliphatic heterocycles. The van der Waals surface area contributed by atoms with E-state index in [0.29, 0.717) is 12.2 Å². The van der Waals surface area contributed by atoms with E-state index in [0.717, 1.165) is 12.1 Å². The fourth-order valence-corrected chi connectivity index (χ4v) is 3.37. The van der Waals surface area contributed by atoms with Crippen molar-refractivity contribution in [1.29, 1.82) is 5.41 Å². The van der Waals surface area contributed by atoms with Crippen LogP contribution >= 0.6 is 0 Å². The molecule has 180 valence electrons. The zero-order valence-electron chi connectivity index (χ0n) is 17.8. The molecule has 0 saturated carbocycles. The highest BCUT2D eigenvalue weighted by Gasteiger charge is 2.34. The first-order valence-corrected chi connectivity index (χ1v) is 10.1. The van der Waals surface area contributed by atoms with Gasteiger partial charge in [-0.1, -0.05) is 24.3 Å². The topological polar surface area (TPSA) is 153 Å².